The van der Waals surface area contributed by atoms with E-state index in [0.29, 0.717) is 12.8 Å². The molecule has 1 fully saturated rings. The van der Waals surface area contributed by atoms with Crippen molar-refractivity contribution in [2.24, 2.45) is 5.92 Å². The summed E-state index contributed by atoms with van der Waals surface area (Å²) in [5, 5.41) is 11.1. The molecular weight excluding hydrogens is 416 g/mol. The number of Topliss-reactive ketones (excluding diaryl/α,β-unsaturated/α-hetero) is 1. The summed E-state index contributed by atoms with van der Waals surface area (Å²) in [4.78, 5) is 55.7. The highest BCUT2D eigenvalue weighted by atomic mass is 16.7. The van der Waals surface area contributed by atoms with Gasteiger partial charge in [-0.2, -0.15) is 5.06 Å². The average molecular weight is 453 g/mol. The molecule has 32 heavy (non-hydrogen) atoms. The SMILES string of the molecule is C=CC(=O)OCCN(C(=C)C(=O)O)C(=O)C(C)ON1C(C)(CC)CC(=O)C(C)C1(C)CC. The van der Waals surface area contributed by atoms with Gasteiger partial charge in [-0.05, 0) is 33.6 Å². The van der Waals surface area contributed by atoms with E-state index in [4.69, 9.17) is 9.57 Å². The number of carboxylic acid groups (broad SMARTS) is 1. The smallest absolute Gasteiger partial charge is 0.351 e. The van der Waals surface area contributed by atoms with Crippen LogP contribution in [0.25, 0.3) is 0 Å². The number of rotatable bonds is 11. The van der Waals surface area contributed by atoms with Gasteiger partial charge in [0.2, 0.25) is 0 Å². The first kappa shape index (κ1) is 27.5. The number of amides is 1. The maximum atomic E-state index is 13.2. The highest BCUT2D eigenvalue weighted by Crippen LogP contribution is 2.44. The van der Waals surface area contributed by atoms with Crippen molar-refractivity contribution >= 4 is 23.6 Å². The van der Waals surface area contributed by atoms with Crippen LogP contribution in [0.1, 0.15) is 60.8 Å². The van der Waals surface area contributed by atoms with E-state index in [1.165, 1.54) is 6.92 Å². The van der Waals surface area contributed by atoms with Gasteiger partial charge in [0, 0.05) is 18.4 Å². The summed E-state index contributed by atoms with van der Waals surface area (Å²) in [6, 6.07) is 0. The van der Waals surface area contributed by atoms with E-state index in [1.54, 1.807) is 5.06 Å². The van der Waals surface area contributed by atoms with Gasteiger partial charge in [0.1, 0.15) is 18.1 Å². The molecule has 0 saturated carbocycles. The number of hydrogen-bond donors (Lipinski definition) is 1. The predicted octanol–water partition coefficient (Wildman–Crippen LogP) is 2.71. The zero-order chi connectivity index (χ0) is 24.9. The van der Waals surface area contributed by atoms with E-state index in [9.17, 15) is 24.3 Å². The first-order valence-electron chi connectivity index (χ1n) is 10.8. The molecule has 180 valence electrons. The van der Waals surface area contributed by atoms with Crippen molar-refractivity contribution in [3.8, 4) is 0 Å². The molecule has 0 aromatic heterocycles. The average Bonchev–Trinajstić information content (AvgIpc) is 2.76. The Hall–Kier alpha value is -2.52. The fraction of sp³-hybridized carbons (Fsp3) is 0.652. The van der Waals surface area contributed by atoms with Gasteiger partial charge in [-0.25, -0.2) is 9.59 Å². The van der Waals surface area contributed by atoms with Crippen LogP contribution >= 0.6 is 0 Å². The van der Waals surface area contributed by atoms with Crippen LogP contribution in [0.2, 0.25) is 0 Å². The lowest BCUT2D eigenvalue weighted by Crippen LogP contribution is -2.67. The Kier molecular flexibility index (Phi) is 9.35. The maximum absolute atomic E-state index is 13.2. The van der Waals surface area contributed by atoms with Gasteiger partial charge in [0.25, 0.3) is 5.91 Å². The molecule has 1 amide bonds. The number of piperidine rings is 1. The molecule has 1 N–H and O–H groups in total. The van der Waals surface area contributed by atoms with Crippen LogP contribution in [0.3, 0.4) is 0 Å². The fourth-order valence-corrected chi connectivity index (χ4v) is 3.92. The molecule has 0 aromatic carbocycles. The summed E-state index contributed by atoms with van der Waals surface area (Å²) in [5.41, 5.74) is -1.74. The van der Waals surface area contributed by atoms with E-state index >= 15 is 0 Å². The predicted molar refractivity (Wildman–Crippen MR) is 118 cm³/mol. The number of carbonyl (C=O) groups excluding carboxylic acids is 3. The zero-order valence-electron chi connectivity index (χ0n) is 20.0. The normalized spacial score (nSPS) is 26.8. The lowest BCUT2D eigenvalue weighted by Gasteiger charge is -2.56. The van der Waals surface area contributed by atoms with E-state index < -0.39 is 40.7 Å². The minimum atomic E-state index is -1.38. The number of nitrogens with zero attached hydrogens (tertiary/aromatic N) is 2. The molecule has 0 aliphatic carbocycles. The third-order valence-electron chi connectivity index (χ3n) is 6.58. The van der Waals surface area contributed by atoms with Gasteiger partial charge in [-0.1, -0.05) is 33.9 Å². The van der Waals surface area contributed by atoms with Crippen LogP contribution in [0.4, 0.5) is 0 Å². The monoisotopic (exact) mass is 452 g/mol. The topological polar surface area (TPSA) is 113 Å². The summed E-state index contributed by atoms with van der Waals surface area (Å²) >= 11 is 0. The second-order valence-corrected chi connectivity index (χ2v) is 8.58. The number of carboxylic acids is 1. The molecule has 1 aliphatic heterocycles. The summed E-state index contributed by atoms with van der Waals surface area (Å²) in [6.07, 6.45) is 1.41. The van der Waals surface area contributed by atoms with Gasteiger partial charge in [-0.3, -0.25) is 14.4 Å². The quantitative estimate of drug-likeness (QED) is 0.376. The third-order valence-corrected chi connectivity index (χ3v) is 6.58. The minimum Gasteiger partial charge on any atom is -0.477 e. The number of ketones is 1. The Morgan fingerprint density at radius 1 is 1.31 bits per heavy atom. The summed E-state index contributed by atoms with van der Waals surface area (Å²) in [7, 11) is 0. The Labute approximate surface area is 190 Å². The first-order valence-corrected chi connectivity index (χ1v) is 10.8. The number of aliphatic carboxylic acids is 1. The Balaban J connectivity index is 3.17. The molecule has 4 atom stereocenters. The molecule has 0 aromatic rings. The summed E-state index contributed by atoms with van der Waals surface area (Å²) in [6.45, 7) is 17.5. The van der Waals surface area contributed by atoms with E-state index in [-0.39, 0.29) is 31.3 Å². The van der Waals surface area contributed by atoms with Crippen molar-refractivity contribution in [1.29, 1.82) is 0 Å². The van der Waals surface area contributed by atoms with E-state index in [2.05, 4.69) is 13.2 Å². The molecule has 0 radical (unpaired) electrons. The molecule has 1 saturated heterocycles. The molecule has 0 bridgehead atoms. The van der Waals surface area contributed by atoms with Crippen LogP contribution in [0.15, 0.2) is 24.9 Å². The highest BCUT2D eigenvalue weighted by molar-refractivity contribution is 5.93. The number of carbonyl (C=O) groups is 4. The van der Waals surface area contributed by atoms with Crippen molar-refractivity contribution in [3.63, 3.8) is 0 Å². The van der Waals surface area contributed by atoms with Crippen molar-refractivity contribution in [3.05, 3.63) is 24.9 Å². The van der Waals surface area contributed by atoms with Gasteiger partial charge in [0.05, 0.1) is 17.6 Å². The Morgan fingerprint density at radius 3 is 2.38 bits per heavy atom. The maximum Gasteiger partial charge on any atom is 0.351 e. The van der Waals surface area contributed by atoms with Gasteiger partial charge < -0.3 is 14.7 Å². The second kappa shape index (κ2) is 10.9. The largest absolute Gasteiger partial charge is 0.477 e. The molecule has 9 heteroatoms. The van der Waals surface area contributed by atoms with Crippen LogP contribution in [0.5, 0.6) is 0 Å². The minimum absolute atomic E-state index is 0.141. The van der Waals surface area contributed by atoms with Crippen LogP contribution in [0, 0.1) is 5.92 Å². The summed E-state index contributed by atoms with van der Waals surface area (Å²) < 4.78 is 4.88. The molecular formula is C23H36N2O7. The van der Waals surface area contributed by atoms with Crippen molar-refractivity contribution in [2.75, 3.05) is 13.2 Å². The van der Waals surface area contributed by atoms with Gasteiger partial charge in [-0.15, -0.1) is 0 Å². The molecule has 1 rings (SSSR count). The second-order valence-electron chi connectivity index (χ2n) is 8.58. The molecule has 1 aliphatic rings. The van der Waals surface area contributed by atoms with Crippen molar-refractivity contribution in [2.45, 2.75) is 78.0 Å². The standard InChI is InChI=1S/C23H36N2O7/c1-9-19(27)31-13-12-24(16(5)21(29)30)20(28)17(6)32-25-22(7,10-2)14-18(26)15(4)23(25,8)11-3/h9,15,17H,1,5,10-14H2,2-4,6-8H3,(H,29,30). The van der Waals surface area contributed by atoms with Crippen molar-refractivity contribution < 1.29 is 33.9 Å². The van der Waals surface area contributed by atoms with Crippen LogP contribution < -0.4 is 0 Å². The highest BCUT2D eigenvalue weighted by Gasteiger charge is 2.54. The summed E-state index contributed by atoms with van der Waals surface area (Å²) in [5.74, 6) is -2.88. The number of esters is 1. The van der Waals surface area contributed by atoms with Crippen LogP contribution in [-0.4, -0.2) is 69.0 Å². The van der Waals surface area contributed by atoms with Gasteiger partial charge >= 0.3 is 11.9 Å². The Morgan fingerprint density at radius 2 is 1.91 bits per heavy atom. The molecule has 0 spiro atoms. The molecule has 9 nitrogen and oxygen atoms in total. The fourth-order valence-electron chi connectivity index (χ4n) is 3.92. The van der Waals surface area contributed by atoms with E-state index in [1.807, 2.05) is 34.6 Å². The van der Waals surface area contributed by atoms with Gasteiger partial charge in [0.15, 0.2) is 6.10 Å². The first-order chi connectivity index (χ1) is 14.8. The molecule has 4 unspecified atom stereocenters. The lowest BCUT2D eigenvalue weighted by molar-refractivity contribution is -0.309. The number of hydroxylamine groups is 2. The van der Waals surface area contributed by atoms with E-state index in [0.717, 1.165) is 11.0 Å². The number of ether oxygens (including phenoxy) is 1. The molecule has 1 heterocycles. The zero-order valence-corrected chi connectivity index (χ0v) is 20.0. The van der Waals surface area contributed by atoms with Crippen molar-refractivity contribution in [1.82, 2.24) is 9.96 Å². The number of hydrogen-bond acceptors (Lipinski definition) is 7. The third kappa shape index (κ3) is 5.63. The lowest BCUT2D eigenvalue weighted by atomic mass is 9.70. The Bertz CT molecular complexity index is 780. The van der Waals surface area contributed by atoms with Crippen LogP contribution in [-0.2, 0) is 28.8 Å².